The molecule has 2 aromatic heterocycles. The standard InChI is InChI=1S/C49H32N2O3/c52-45-28-35(21-25-44(45)51(33-11-2-1-3-12-33)34-18-22-39-32(27-34)26-31-10-4-5-13-38(31)39)50(36-19-23-42-40-14-6-8-16-46(40)53-48(42)29-36)37-20-24-43-41-15-7-9-17-47(41)54-49(43)30-37/h1-25,27-30,52H,26H2. The van der Waals surface area contributed by atoms with Gasteiger partial charge in [0.25, 0.3) is 0 Å². The van der Waals surface area contributed by atoms with Crippen molar-refractivity contribution in [2.75, 3.05) is 9.80 Å². The van der Waals surface area contributed by atoms with Crippen molar-refractivity contribution >= 4 is 78.0 Å². The van der Waals surface area contributed by atoms with Gasteiger partial charge in [-0.1, -0.05) is 84.9 Å². The lowest BCUT2D eigenvalue weighted by Gasteiger charge is -2.29. The normalized spacial score (nSPS) is 12.1. The zero-order valence-electron chi connectivity index (χ0n) is 29.1. The van der Waals surface area contributed by atoms with Crippen LogP contribution in [0, 0.1) is 0 Å². The Morgan fingerprint density at radius 3 is 1.57 bits per heavy atom. The number of furan rings is 2. The summed E-state index contributed by atoms with van der Waals surface area (Å²) >= 11 is 0. The van der Waals surface area contributed by atoms with E-state index in [4.69, 9.17) is 8.83 Å². The first-order valence-corrected chi connectivity index (χ1v) is 18.2. The van der Waals surface area contributed by atoms with Gasteiger partial charge in [-0.2, -0.15) is 0 Å². The molecule has 5 heteroatoms. The number of nitrogens with zero attached hydrogens (tertiary/aromatic N) is 2. The average molecular weight is 697 g/mol. The fourth-order valence-corrected chi connectivity index (χ4v) is 8.27. The van der Waals surface area contributed by atoms with E-state index in [9.17, 15) is 5.11 Å². The predicted octanol–water partition coefficient (Wildman–Crippen LogP) is 13.7. The summed E-state index contributed by atoms with van der Waals surface area (Å²) in [6.07, 6.45) is 0.882. The fourth-order valence-electron chi connectivity index (χ4n) is 8.27. The maximum Gasteiger partial charge on any atom is 0.141 e. The summed E-state index contributed by atoms with van der Waals surface area (Å²) in [6.45, 7) is 0. The lowest BCUT2D eigenvalue weighted by atomic mass is 10.0. The maximum absolute atomic E-state index is 12.1. The minimum atomic E-state index is 0.153. The van der Waals surface area contributed by atoms with Crippen LogP contribution in [0.4, 0.5) is 34.1 Å². The predicted molar refractivity (Wildman–Crippen MR) is 220 cm³/mol. The highest BCUT2D eigenvalue weighted by Gasteiger charge is 2.24. The van der Waals surface area contributed by atoms with Crippen LogP contribution in [0.15, 0.2) is 185 Å². The molecule has 0 unspecified atom stereocenters. The molecule has 10 aromatic rings. The first-order chi connectivity index (χ1) is 26.7. The molecule has 0 amide bonds. The molecule has 5 nitrogen and oxygen atoms in total. The number of phenolic OH excluding ortho intramolecular Hbond substituents is 1. The maximum atomic E-state index is 12.1. The minimum absolute atomic E-state index is 0.153. The van der Waals surface area contributed by atoms with Crippen LogP contribution in [0.2, 0.25) is 0 Å². The third-order valence-corrected chi connectivity index (χ3v) is 10.7. The van der Waals surface area contributed by atoms with Crippen LogP contribution in [0.1, 0.15) is 11.1 Å². The molecule has 0 bridgehead atoms. The molecule has 256 valence electrons. The summed E-state index contributed by atoms with van der Waals surface area (Å²) in [5, 5.41) is 16.3. The van der Waals surface area contributed by atoms with E-state index in [1.165, 1.54) is 22.3 Å². The van der Waals surface area contributed by atoms with E-state index in [1.54, 1.807) is 0 Å². The molecule has 0 spiro atoms. The van der Waals surface area contributed by atoms with E-state index in [-0.39, 0.29) is 5.75 Å². The lowest BCUT2D eigenvalue weighted by molar-refractivity contribution is 0.476. The molecule has 2 heterocycles. The van der Waals surface area contributed by atoms with Crippen LogP contribution < -0.4 is 9.80 Å². The van der Waals surface area contributed by atoms with Crippen LogP contribution >= 0.6 is 0 Å². The van der Waals surface area contributed by atoms with Gasteiger partial charge in [0.2, 0.25) is 0 Å². The second-order valence-corrected chi connectivity index (χ2v) is 13.9. The van der Waals surface area contributed by atoms with Crippen LogP contribution in [0.25, 0.3) is 55.0 Å². The van der Waals surface area contributed by atoms with Gasteiger partial charge in [0.15, 0.2) is 0 Å². The molecule has 54 heavy (non-hydrogen) atoms. The molecule has 8 aromatic carbocycles. The Hall–Kier alpha value is -7.24. The number of anilines is 6. The highest BCUT2D eigenvalue weighted by molar-refractivity contribution is 6.08. The molecule has 0 aliphatic heterocycles. The summed E-state index contributed by atoms with van der Waals surface area (Å²) in [6, 6.07) is 60.2. The SMILES string of the molecule is Oc1cc(N(c2ccc3c(c2)oc2ccccc23)c2ccc3c(c2)oc2ccccc23)ccc1N(c1ccccc1)c1ccc2c(c1)Cc1ccccc1-2. The molecule has 0 saturated carbocycles. The van der Waals surface area contributed by atoms with E-state index in [1.807, 2.05) is 66.7 Å². The summed E-state index contributed by atoms with van der Waals surface area (Å²) in [5.41, 5.74) is 13.6. The minimum Gasteiger partial charge on any atom is -0.506 e. The molecular formula is C49H32N2O3. The number of rotatable bonds is 6. The lowest BCUT2D eigenvalue weighted by Crippen LogP contribution is -2.12. The molecule has 0 fully saturated rings. The van der Waals surface area contributed by atoms with Crippen molar-refractivity contribution in [3.8, 4) is 16.9 Å². The highest BCUT2D eigenvalue weighted by atomic mass is 16.3. The van der Waals surface area contributed by atoms with Crippen molar-refractivity contribution in [1.29, 1.82) is 0 Å². The average Bonchev–Trinajstić information content (AvgIpc) is 3.90. The first kappa shape index (κ1) is 30.4. The van der Waals surface area contributed by atoms with E-state index in [0.29, 0.717) is 5.69 Å². The summed E-state index contributed by atoms with van der Waals surface area (Å²) in [7, 11) is 0. The van der Waals surface area contributed by atoms with Gasteiger partial charge < -0.3 is 23.7 Å². The summed E-state index contributed by atoms with van der Waals surface area (Å²) in [5.74, 6) is 0.153. The third kappa shape index (κ3) is 4.79. The third-order valence-electron chi connectivity index (χ3n) is 10.7. The van der Waals surface area contributed by atoms with Crippen molar-refractivity contribution in [1.82, 2.24) is 0 Å². The van der Waals surface area contributed by atoms with Crippen LogP contribution in [-0.2, 0) is 6.42 Å². The van der Waals surface area contributed by atoms with Crippen molar-refractivity contribution < 1.29 is 13.9 Å². The fraction of sp³-hybridized carbons (Fsp3) is 0.0204. The monoisotopic (exact) mass is 696 g/mol. The van der Waals surface area contributed by atoms with E-state index >= 15 is 0 Å². The van der Waals surface area contributed by atoms with Gasteiger partial charge in [0.1, 0.15) is 28.1 Å². The quantitative estimate of drug-likeness (QED) is 0.188. The number of para-hydroxylation sites is 3. The molecule has 11 rings (SSSR count). The molecule has 0 radical (unpaired) electrons. The molecule has 1 N–H and O–H groups in total. The summed E-state index contributed by atoms with van der Waals surface area (Å²) in [4.78, 5) is 4.27. The second-order valence-electron chi connectivity index (χ2n) is 13.9. The Bertz CT molecular complexity index is 2950. The van der Waals surface area contributed by atoms with Crippen LogP contribution in [0.3, 0.4) is 0 Å². The largest absolute Gasteiger partial charge is 0.506 e. The van der Waals surface area contributed by atoms with Crippen molar-refractivity contribution in [3.63, 3.8) is 0 Å². The second kappa shape index (κ2) is 11.9. The number of hydrogen-bond acceptors (Lipinski definition) is 5. The van der Waals surface area contributed by atoms with Crippen LogP contribution in [0.5, 0.6) is 5.75 Å². The van der Waals surface area contributed by atoms with Gasteiger partial charge in [-0.05, 0) is 101 Å². The molecule has 1 aliphatic rings. The number of fused-ring (bicyclic) bond motifs is 9. The van der Waals surface area contributed by atoms with Crippen molar-refractivity contribution in [2.45, 2.75) is 6.42 Å². The van der Waals surface area contributed by atoms with E-state index in [0.717, 1.165) is 78.7 Å². The zero-order chi connectivity index (χ0) is 35.8. The van der Waals surface area contributed by atoms with Gasteiger partial charge in [0.05, 0.1) is 5.69 Å². The first-order valence-electron chi connectivity index (χ1n) is 18.2. The van der Waals surface area contributed by atoms with Crippen molar-refractivity contribution in [2.24, 2.45) is 0 Å². The van der Waals surface area contributed by atoms with Crippen molar-refractivity contribution in [3.05, 3.63) is 187 Å². The van der Waals surface area contributed by atoms with Gasteiger partial charge in [-0.3, -0.25) is 0 Å². The van der Waals surface area contributed by atoms with Crippen LogP contribution in [-0.4, -0.2) is 5.11 Å². The van der Waals surface area contributed by atoms with E-state index in [2.05, 4.69) is 119 Å². The number of aromatic hydroxyl groups is 1. The summed E-state index contributed by atoms with van der Waals surface area (Å²) < 4.78 is 12.7. The van der Waals surface area contributed by atoms with Gasteiger partial charge in [-0.15, -0.1) is 0 Å². The Morgan fingerprint density at radius 1 is 0.370 bits per heavy atom. The number of benzene rings is 8. The molecule has 1 aliphatic carbocycles. The molecule has 0 saturated heterocycles. The number of hydrogen-bond donors (Lipinski definition) is 1. The Balaban J connectivity index is 1.06. The highest BCUT2D eigenvalue weighted by Crippen LogP contribution is 2.47. The Labute approximate surface area is 311 Å². The van der Waals surface area contributed by atoms with Gasteiger partial charge >= 0.3 is 0 Å². The Kier molecular flexibility index (Phi) is 6.70. The zero-order valence-corrected chi connectivity index (χ0v) is 29.1. The molecular weight excluding hydrogens is 665 g/mol. The molecule has 0 atom stereocenters. The van der Waals surface area contributed by atoms with Gasteiger partial charge in [-0.25, -0.2) is 0 Å². The Morgan fingerprint density at radius 2 is 0.889 bits per heavy atom. The van der Waals surface area contributed by atoms with Gasteiger partial charge in [0, 0.05) is 68.2 Å². The van der Waals surface area contributed by atoms with E-state index < -0.39 is 0 Å². The number of phenols is 1. The smallest absolute Gasteiger partial charge is 0.141 e. The topological polar surface area (TPSA) is 53.0 Å².